The Morgan fingerprint density at radius 3 is 2.77 bits per heavy atom. The van der Waals surface area contributed by atoms with E-state index in [0.29, 0.717) is 6.54 Å². The number of likely N-dealkylation sites (tertiary alicyclic amines) is 1. The van der Waals surface area contributed by atoms with Crippen LogP contribution in [0.4, 0.5) is 0 Å². The molecule has 0 spiro atoms. The smallest absolute Gasteiger partial charge is 0.259 e. The van der Waals surface area contributed by atoms with Crippen LogP contribution in [-0.2, 0) is 17.6 Å². The molecule has 6 heteroatoms. The highest BCUT2D eigenvalue weighted by molar-refractivity contribution is 7.18. The molecule has 1 amide bonds. The van der Waals surface area contributed by atoms with Gasteiger partial charge in [0, 0.05) is 29.3 Å². The van der Waals surface area contributed by atoms with Crippen molar-refractivity contribution in [2.75, 3.05) is 13.1 Å². The van der Waals surface area contributed by atoms with Gasteiger partial charge in [-0.25, -0.2) is 4.98 Å². The van der Waals surface area contributed by atoms with Crippen LogP contribution >= 0.6 is 11.3 Å². The van der Waals surface area contributed by atoms with Gasteiger partial charge in [0.25, 0.3) is 5.56 Å². The summed E-state index contributed by atoms with van der Waals surface area (Å²) >= 11 is 1.69. The van der Waals surface area contributed by atoms with Crippen LogP contribution in [0.15, 0.2) is 4.79 Å². The van der Waals surface area contributed by atoms with Gasteiger partial charge in [-0.3, -0.25) is 9.59 Å². The average molecular weight is 374 g/mol. The largest absolute Gasteiger partial charge is 0.342 e. The Morgan fingerprint density at radius 2 is 2.00 bits per heavy atom. The van der Waals surface area contributed by atoms with Gasteiger partial charge in [-0.2, -0.15) is 0 Å². The zero-order valence-electron chi connectivity index (χ0n) is 15.9. The van der Waals surface area contributed by atoms with Gasteiger partial charge in [-0.15, -0.1) is 11.3 Å². The Balaban J connectivity index is 1.66. The van der Waals surface area contributed by atoms with Crippen LogP contribution < -0.4 is 5.56 Å². The molecule has 2 aromatic heterocycles. The first-order valence-electron chi connectivity index (χ1n) is 9.68. The lowest BCUT2D eigenvalue weighted by atomic mass is 9.91. The second-order valence-corrected chi connectivity index (χ2v) is 9.77. The fourth-order valence-electron chi connectivity index (χ4n) is 4.23. The number of nitrogens with one attached hydrogen (secondary N) is 1. The fourth-order valence-corrected chi connectivity index (χ4v) is 5.50. The fraction of sp³-hybridized carbons (Fsp3) is 0.650. The summed E-state index contributed by atoms with van der Waals surface area (Å²) in [6, 6.07) is 0. The van der Waals surface area contributed by atoms with E-state index in [1.165, 1.54) is 16.9 Å². The van der Waals surface area contributed by atoms with Gasteiger partial charge in [0.1, 0.15) is 10.7 Å². The van der Waals surface area contributed by atoms with Crippen LogP contribution in [0, 0.1) is 5.41 Å². The van der Waals surface area contributed by atoms with Crippen molar-refractivity contribution < 1.29 is 4.79 Å². The summed E-state index contributed by atoms with van der Waals surface area (Å²) in [5.41, 5.74) is 0.854. The minimum Gasteiger partial charge on any atom is -0.342 e. The molecule has 0 saturated carbocycles. The van der Waals surface area contributed by atoms with Crippen molar-refractivity contribution in [2.45, 2.75) is 65.2 Å². The molecule has 140 valence electrons. The summed E-state index contributed by atoms with van der Waals surface area (Å²) in [4.78, 5) is 37.5. The molecule has 0 bridgehead atoms. The summed E-state index contributed by atoms with van der Waals surface area (Å²) in [6.07, 6.45) is 6.35. The van der Waals surface area contributed by atoms with Crippen LogP contribution in [0.25, 0.3) is 10.2 Å². The number of amides is 1. The van der Waals surface area contributed by atoms with E-state index in [1.807, 2.05) is 25.7 Å². The van der Waals surface area contributed by atoms with E-state index in [4.69, 9.17) is 4.98 Å². The molecule has 26 heavy (non-hydrogen) atoms. The molecule has 2 aromatic rings. The summed E-state index contributed by atoms with van der Waals surface area (Å²) in [5, 5.41) is 0.812. The molecular weight excluding hydrogens is 346 g/mol. The number of H-pyrrole nitrogens is 1. The van der Waals surface area contributed by atoms with E-state index < -0.39 is 0 Å². The van der Waals surface area contributed by atoms with E-state index in [2.05, 4.69) is 4.98 Å². The minimum absolute atomic E-state index is 0.00340. The van der Waals surface area contributed by atoms with E-state index in [0.717, 1.165) is 54.7 Å². The lowest BCUT2D eigenvalue weighted by molar-refractivity contribution is -0.140. The Hall–Kier alpha value is -1.69. The molecule has 1 fully saturated rings. The highest BCUT2D eigenvalue weighted by atomic mass is 32.1. The Morgan fingerprint density at radius 1 is 1.23 bits per heavy atom. The predicted octanol–water partition coefficient (Wildman–Crippen LogP) is 3.62. The van der Waals surface area contributed by atoms with Crippen molar-refractivity contribution >= 4 is 27.5 Å². The molecule has 3 heterocycles. The first-order chi connectivity index (χ1) is 12.3. The third-order valence-corrected chi connectivity index (χ3v) is 6.77. The molecule has 0 radical (unpaired) electrons. The molecule has 1 unspecified atom stereocenters. The van der Waals surface area contributed by atoms with E-state index in [-0.39, 0.29) is 22.8 Å². The molecule has 4 rings (SSSR count). The van der Waals surface area contributed by atoms with Crippen molar-refractivity contribution in [2.24, 2.45) is 5.41 Å². The quantitative estimate of drug-likeness (QED) is 0.830. The number of nitrogens with zero attached hydrogens (tertiary/aromatic N) is 2. The maximum Gasteiger partial charge on any atom is 0.259 e. The normalized spacial score (nSPS) is 21.0. The number of thiophene rings is 1. The van der Waals surface area contributed by atoms with E-state index >= 15 is 0 Å². The number of hydrogen-bond donors (Lipinski definition) is 1. The SMILES string of the molecule is CC(C)(C)C(=O)N1CCCC(c2nc3sc4c(c3c(=O)[nH]2)CCCC4)C1. The van der Waals surface area contributed by atoms with Crippen LogP contribution in [0.3, 0.4) is 0 Å². The number of fused-ring (bicyclic) bond motifs is 3. The molecular formula is C20H27N3O2S. The second kappa shape index (κ2) is 6.48. The molecule has 1 aliphatic heterocycles. The van der Waals surface area contributed by atoms with Crippen molar-refractivity contribution in [3.05, 3.63) is 26.6 Å². The minimum atomic E-state index is -0.376. The Kier molecular flexibility index (Phi) is 4.41. The summed E-state index contributed by atoms with van der Waals surface area (Å²) in [7, 11) is 0. The summed E-state index contributed by atoms with van der Waals surface area (Å²) < 4.78 is 0. The maximum atomic E-state index is 12.8. The monoisotopic (exact) mass is 373 g/mol. The van der Waals surface area contributed by atoms with Crippen LogP contribution in [0.1, 0.15) is 68.6 Å². The van der Waals surface area contributed by atoms with Crippen LogP contribution in [0.5, 0.6) is 0 Å². The Labute approximate surface area is 157 Å². The number of aryl methyl sites for hydroxylation is 2. The molecule has 0 aromatic carbocycles. The number of rotatable bonds is 1. The molecule has 1 N–H and O–H groups in total. The van der Waals surface area contributed by atoms with Gasteiger partial charge >= 0.3 is 0 Å². The molecule has 1 aliphatic carbocycles. The topological polar surface area (TPSA) is 66.1 Å². The predicted molar refractivity (Wildman–Crippen MR) is 105 cm³/mol. The first kappa shape index (κ1) is 17.7. The van der Waals surface area contributed by atoms with Gasteiger partial charge in [-0.1, -0.05) is 20.8 Å². The van der Waals surface area contributed by atoms with Crippen LogP contribution in [-0.4, -0.2) is 33.9 Å². The highest BCUT2D eigenvalue weighted by Gasteiger charge is 2.32. The molecule has 5 nitrogen and oxygen atoms in total. The summed E-state index contributed by atoms with van der Waals surface area (Å²) in [5.74, 6) is 1.05. The standard InChI is InChI=1S/C20H27N3O2S/c1-20(2,3)19(25)23-10-6-7-12(11-23)16-21-17(24)15-13-8-4-5-9-14(13)26-18(15)22-16/h12H,4-11H2,1-3H3,(H,21,22,24). The number of carbonyl (C=O) groups excluding carboxylic acids is 1. The van der Waals surface area contributed by atoms with Gasteiger partial charge < -0.3 is 9.88 Å². The van der Waals surface area contributed by atoms with E-state index in [9.17, 15) is 9.59 Å². The van der Waals surface area contributed by atoms with E-state index in [1.54, 1.807) is 11.3 Å². The highest BCUT2D eigenvalue weighted by Crippen LogP contribution is 2.35. The zero-order valence-corrected chi connectivity index (χ0v) is 16.7. The van der Waals surface area contributed by atoms with Gasteiger partial charge in [0.2, 0.25) is 5.91 Å². The average Bonchev–Trinajstić information content (AvgIpc) is 2.99. The molecule has 1 atom stereocenters. The molecule has 1 saturated heterocycles. The van der Waals surface area contributed by atoms with Gasteiger partial charge in [0.15, 0.2) is 0 Å². The third kappa shape index (κ3) is 3.08. The zero-order chi connectivity index (χ0) is 18.5. The van der Waals surface area contributed by atoms with Crippen LogP contribution in [0.2, 0.25) is 0 Å². The van der Waals surface area contributed by atoms with Crippen molar-refractivity contribution in [1.29, 1.82) is 0 Å². The lowest BCUT2D eigenvalue weighted by Crippen LogP contribution is -2.45. The first-order valence-corrected chi connectivity index (χ1v) is 10.5. The van der Waals surface area contributed by atoms with Gasteiger partial charge in [0.05, 0.1) is 5.39 Å². The Bertz CT molecular complexity index is 906. The van der Waals surface area contributed by atoms with Crippen molar-refractivity contribution in [3.8, 4) is 0 Å². The molecule has 2 aliphatic rings. The third-order valence-electron chi connectivity index (χ3n) is 5.58. The van der Waals surface area contributed by atoms with Crippen molar-refractivity contribution in [3.63, 3.8) is 0 Å². The maximum absolute atomic E-state index is 12.8. The number of hydrogen-bond acceptors (Lipinski definition) is 4. The number of aromatic amines is 1. The summed E-state index contributed by atoms with van der Waals surface area (Å²) in [6.45, 7) is 7.33. The number of carbonyl (C=O) groups is 1. The number of piperidine rings is 1. The lowest BCUT2D eigenvalue weighted by Gasteiger charge is -2.36. The van der Waals surface area contributed by atoms with Crippen molar-refractivity contribution in [1.82, 2.24) is 14.9 Å². The second-order valence-electron chi connectivity index (χ2n) is 8.68. The number of aromatic nitrogens is 2. The van der Waals surface area contributed by atoms with Gasteiger partial charge in [-0.05, 0) is 44.1 Å².